The minimum atomic E-state index is -0.660. The van der Waals surface area contributed by atoms with E-state index in [1.54, 1.807) is 6.92 Å². The van der Waals surface area contributed by atoms with Crippen molar-refractivity contribution >= 4 is 22.7 Å². The smallest absolute Gasteiger partial charge is 0.321 e. The zero-order valence-corrected chi connectivity index (χ0v) is 14.9. The molecule has 0 unspecified atom stereocenters. The highest BCUT2D eigenvalue weighted by Crippen LogP contribution is 2.25. The molecule has 0 saturated carbocycles. The van der Waals surface area contributed by atoms with Crippen molar-refractivity contribution in [1.82, 2.24) is 14.3 Å². The van der Waals surface area contributed by atoms with E-state index < -0.39 is 23.7 Å². The maximum atomic E-state index is 13.9. The summed E-state index contributed by atoms with van der Waals surface area (Å²) in [5, 5.41) is 2.96. The molecule has 3 aromatic rings. The number of carbonyl (C=O) groups is 1. The van der Waals surface area contributed by atoms with Gasteiger partial charge in [-0.3, -0.25) is 5.32 Å². The molecule has 1 heterocycles. The second-order valence-electron chi connectivity index (χ2n) is 5.67. The number of amides is 2. The zero-order chi connectivity index (χ0) is 18.7. The Labute approximate surface area is 153 Å². The van der Waals surface area contributed by atoms with Gasteiger partial charge in [0.05, 0.1) is 6.04 Å². The van der Waals surface area contributed by atoms with Gasteiger partial charge < -0.3 is 4.90 Å². The van der Waals surface area contributed by atoms with Gasteiger partial charge in [-0.2, -0.15) is 9.36 Å². The summed E-state index contributed by atoms with van der Waals surface area (Å²) in [6, 6.07) is 11.4. The molecular weight excluding hydrogens is 358 g/mol. The Morgan fingerprint density at radius 1 is 1.19 bits per heavy atom. The molecule has 26 heavy (non-hydrogen) atoms. The maximum absolute atomic E-state index is 13.9. The SMILES string of the molecule is C[C@@H](c1cc(F)ccc1F)N(C)C(=O)Nc1nc(-c2ccccc2)ns1. The van der Waals surface area contributed by atoms with Crippen molar-refractivity contribution < 1.29 is 13.6 Å². The van der Waals surface area contributed by atoms with Crippen LogP contribution in [0.3, 0.4) is 0 Å². The molecule has 0 spiro atoms. The van der Waals surface area contributed by atoms with E-state index in [2.05, 4.69) is 14.7 Å². The van der Waals surface area contributed by atoms with E-state index in [9.17, 15) is 13.6 Å². The van der Waals surface area contributed by atoms with Gasteiger partial charge in [-0.25, -0.2) is 13.6 Å². The molecule has 0 bridgehead atoms. The summed E-state index contributed by atoms with van der Waals surface area (Å²) in [7, 11) is 1.50. The standard InChI is InChI=1S/C18H16F2N4OS/c1-11(14-10-13(19)8-9-15(14)20)24(2)18(25)22-17-21-16(23-26-17)12-6-4-3-5-7-12/h3-11H,1-2H3,(H,21,22,23,25)/t11-/m0/s1. The summed E-state index contributed by atoms with van der Waals surface area (Å²) in [5.74, 6) is -0.614. The molecule has 3 rings (SSSR count). The van der Waals surface area contributed by atoms with Gasteiger partial charge in [0.2, 0.25) is 5.13 Å². The Hall–Kier alpha value is -2.87. The van der Waals surface area contributed by atoms with E-state index >= 15 is 0 Å². The van der Waals surface area contributed by atoms with Crippen LogP contribution in [0.25, 0.3) is 11.4 Å². The van der Waals surface area contributed by atoms with Crippen molar-refractivity contribution in [2.75, 3.05) is 12.4 Å². The predicted octanol–water partition coefficient (Wildman–Crippen LogP) is 4.71. The van der Waals surface area contributed by atoms with Crippen LogP contribution in [0.4, 0.5) is 18.7 Å². The average molecular weight is 374 g/mol. The van der Waals surface area contributed by atoms with Gasteiger partial charge in [0.1, 0.15) is 11.6 Å². The van der Waals surface area contributed by atoms with Crippen molar-refractivity contribution in [2.45, 2.75) is 13.0 Å². The summed E-state index contributed by atoms with van der Waals surface area (Å²) in [5.41, 5.74) is 0.942. The van der Waals surface area contributed by atoms with Gasteiger partial charge in [-0.15, -0.1) is 0 Å². The second kappa shape index (κ2) is 7.57. The first-order chi connectivity index (χ1) is 12.5. The lowest BCUT2D eigenvalue weighted by molar-refractivity contribution is 0.207. The molecule has 0 fully saturated rings. The van der Waals surface area contributed by atoms with Crippen LogP contribution in [-0.4, -0.2) is 27.3 Å². The molecule has 8 heteroatoms. The second-order valence-corrected chi connectivity index (χ2v) is 6.42. The molecule has 2 aromatic carbocycles. The van der Waals surface area contributed by atoms with Crippen LogP contribution < -0.4 is 5.32 Å². The zero-order valence-electron chi connectivity index (χ0n) is 14.1. The van der Waals surface area contributed by atoms with Crippen molar-refractivity contribution in [3.8, 4) is 11.4 Å². The van der Waals surface area contributed by atoms with E-state index in [1.807, 2.05) is 30.3 Å². The first-order valence-corrected chi connectivity index (χ1v) is 8.61. The van der Waals surface area contributed by atoms with Crippen molar-refractivity contribution in [1.29, 1.82) is 0 Å². The van der Waals surface area contributed by atoms with Crippen LogP contribution in [0.5, 0.6) is 0 Å². The molecule has 0 aliphatic heterocycles. The van der Waals surface area contributed by atoms with Crippen molar-refractivity contribution in [2.24, 2.45) is 0 Å². The summed E-state index contributed by atoms with van der Waals surface area (Å²) in [6.07, 6.45) is 0. The van der Waals surface area contributed by atoms with Crippen molar-refractivity contribution in [3.63, 3.8) is 0 Å². The highest BCUT2D eigenvalue weighted by molar-refractivity contribution is 7.10. The van der Waals surface area contributed by atoms with E-state index in [-0.39, 0.29) is 5.56 Å². The maximum Gasteiger partial charge on any atom is 0.323 e. The number of nitrogens with zero attached hydrogens (tertiary/aromatic N) is 3. The third-order valence-corrected chi connectivity index (χ3v) is 4.61. The van der Waals surface area contributed by atoms with E-state index in [4.69, 9.17) is 0 Å². The van der Waals surface area contributed by atoms with E-state index in [1.165, 1.54) is 11.9 Å². The molecule has 1 aromatic heterocycles. The van der Waals surface area contributed by atoms with Crippen LogP contribution >= 0.6 is 11.5 Å². The number of hydrogen-bond acceptors (Lipinski definition) is 4. The monoisotopic (exact) mass is 374 g/mol. The number of halogens is 2. The predicted molar refractivity (Wildman–Crippen MR) is 96.9 cm³/mol. The molecular formula is C18H16F2N4OS. The number of hydrogen-bond donors (Lipinski definition) is 1. The van der Waals surface area contributed by atoms with Gasteiger partial charge in [0, 0.05) is 29.7 Å². The molecule has 5 nitrogen and oxygen atoms in total. The molecule has 1 N–H and O–H groups in total. The van der Waals surface area contributed by atoms with E-state index in [0.29, 0.717) is 11.0 Å². The number of aromatic nitrogens is 2. The lowest BCUT2D eigenvalue weighted by atomic mass is 10.1. The summed E-state index contributed by atoms with van der Waals surface area (Å²) < 4.78 is 31.5. The van der Waals surface area contributed by atoms with Crippen molar-refractivity contribution in [3.05, 3.63) is 65.7 Å². The fraction of sp³-hybridized carbons (Fsp3) is 0.167. The molecule has 2 amide bonds. The lowest BCUT2D eigenvalue weighted by Crippen LogP contribution is -2.34. The number of benzene rings is 2. The third kappa shape index (κ3) is 3.85. The number of nitrogens with one attached hydrogen (secondary N) is 1. The number of carbonyl (C=O) groups excluding carboxylic acids is 1. The fourth-order valence-corrected chi connectivity index (χ4v) is 2.96. The van der Waals surface area contributed by atoms with Gasteiger partial charge in [-0.05, 0) is 25.1 Å². The highest BCUT2D eigenvalue weighted by atomic mass is 32.1. The largest absolute Gasteiger partial charge is 0.323 e. The topological polar surface area (TPSA) is 58.1 Å². The van der Waals surface area contributed by atoms with Gasteiger partial charge in [0.15, 0.2) is 5.82 Å². The highest BCUT2D eigenvalue weighted by Gasteiger charge is 2.22. The van der Waals surface area contributed by atoms with Crippen LogP contribution in [-0.2, 0) is 0 Å². The minimum absolute atomic E-state index is 0.102. The van der Waals surface area contributed by atoms with Crippen LogP contribution in [0, 0.1) is 11.6 Å². The number of urea groups is 1. The first-order valence-electron chi connectivity index (χ1n) is 7.83. The summed E-state index contributed by atoms with van der Waals surface area (Å²) in [4.78, 5) is 18.0. The molecule has 0 aliphatic rings. The Bertz CT molecular complexity index is 917. The normalized spacial score (nSPS) is 11.8. The van der Waals surface area contributed by atoms with Crippen LogP contribution in [0.1, 0.15) is 18.5 Å². The Balaban J connectivity index is 1.71. The minimum Gasteiger partial charge on any atom is -0.321 e. The molecule has 0 radical (unpaired) electrons. The molecule has 1 atom stereocenters. The van der Waals surface area contributed by atoms with Gasteiger partial charge in [-0.1, -0.05) is 30.3 Å². The fourth-order valence-electron chi connectivity index (χ4n) is 2.38. The summed E-state index contributed by atoms with van der Waals surface area (Å²) in [6.45, 7) is 1.62. The van der Waals surface area contributed by atoms with Crippen LogP contribution in [0.15, 0.2) is 48.5 Å². The molecule has 0 saturated heterocycles. The summed E-state index contributed by atoms with van der Waals surface area (Å²) >= 11 is 1.05. The Morgan fingerprint density at radius 2 is 1.92 bits per heavy atom. The Morgan fingerprint density at radius 3 is 2.65 bits per heavy atom. The number of anilines is 1. The van der Waals surface area contributed by atoms with Crippen LogP contribution in [0.2, 0.25) is 0 Å². The Kier molecular flexibility index (Phi) is 5.22. The number of rotatable bonds is 4. The van der Waals surface area contributed by atoms with Gasteiger partial charge in [0.25, 0.3) is 0 Å². The lowest BCUT2D eigenvalue weighted by Gasteiger charge is -2.25. The average Bonchev–Trinajstić information content (AvgIpc) is 3.11. The quantitative estimate of drug-likeness (QED) is 0.720. The molecule has 0 aliphatic carbocycles. The van der Waals surface area contributed by atoms with E-state index in [0.717, 1.165) is 35.3 Å². The third-order valence-electron chi connectivity index (χ3n) is 3.98. The molecule has 134 valence electrons. The first kappa shape index (κ1) is 17.9. The van der Waals surface area contributed by atoms with Gasteiger partial charge >= 0.3 is 6.03 Å².